The Kier molecular flexibility index (Phi) is 6.70. The molecule has 1 heterocycles. The van der Waals surface area contributed by atoms with Crippen molar-refractivity contribution in [3.8, 4) is 16.9 Å². The summed E-state index contributed by atoms with van der Waals surface area (Å²) in [6.45, 7) is 4.66. The molecule has 1 saturated heterocycles. The van der Waals surface area contributed by atoms with Gasteiger partial charge >= 0.3 is 0 Å². The zero-order chi connectivity index (χ0) is 20.9. The number of hydrogen-bond donors (Lipinski definition) is 3. The van der Waals surface area contributed by atoms with E-state index in [9.17, 15) is 5.11 Å². The highest BCUT2D eigenvalue weighted by atomic mass is 35.5. The lowest BCUT2D eigenvalue weighted by molar-refractivity contribution is 0.162. The fourth-order valence-corrected chi connectivity index (χ4v) is 4.08. The molecular weight excluding hydrogens is 396 g/mol. The molecule has 0 amide bonds. The van der Waals surface area contributed by atoms with E-state index in [1.165, 1.54) is 16.7 Å². The molecule has 156 valence electrons. The van der Waals surface area contributed by atoms with Crippen LogP contribution in [0.2, 0.25) is 5.02 Å². The van der Waals surface area contributed by atoms with E-state index in [0.29, 0.717) is 30.5 Å². The summed E-state index contributed by atoms with van der Waals surface area (Å²) in [6.07, 6.45) is -0.349. The highest BCUT2D eigenvalue weighted by molar-refractivity contribution is 6.32. The quantitative estimate of drug-likeness (QED) is 0.531. The standard InChI is InChI=1S/C25H27ClN2O2/c1-17-20(8-5-9-21(17)19-6-3-2-4-7-19)16-30-25-11-10-18(12-22(25)26)13-28-23-14-27-15-24(23)29/h2-12,23-24,27-29H,13-16H2,1H3/t23-,24-/m1/s1. The number of ether oxygens (including phenoxy) is 1. The minimum atomic E-state index is -0.349. The van der Waals surface area contributed by atoms with E-state index in [4.69, 9.17) is 16.3 Å². The molecule has 1 aliphatic rings. The fraction of sp³-hybridized carbons (Fsp3) is 0.280. The van der Waals surface area contributed by atoms with Crippen LogP contribution >= 0.6 is 11.6 Å². The van der Waals surface area contributed by atoms with E-state index < -0.39 is 0 Å². The minimum Gasteiger partial charge on any atom is -0.487 e. The first-order valence-corrected chi connectivity index (χ1v) is 10.7. The SMILES string of the molecule is Cc1c(COc2ccc(CN[C@@H]3CNC[C@H]3O)cc2Cl)cccc1-c1ccccc1. The maximum absolute atomic E-state index is 9.89. The van der Waals surface area contributed by atoms with Crippen molar-refractivity contribution >= 4 is 11.6 Å². The lowest BCUT2D eigenvalue weighted by Gasteiger charge is -2.16. The average Bonchev–Trinajstić information content (AvgIpc) is 3.18. The molecular formula is C25H27ClN2O2. The van der Waals surface area contributed by atoms with Gasteiger partial charge in [0.25, 0.3) is 0 Å². The molecule has 0 aromatic heterocycles. The smallest absolute Gasteiger partial charge is 0.138 e. The Morgan fingerprint density at radius 3 is 2.63 bits per heavy atom. The monoisotopic (exact) mass is 422 g/mol. The van der Waals surface area contributed by atoms with Crippen LogP contribution in [0, 0.1) is 6.92 Å². The van der Waals surface area contributed by atoms with Crippen LogP contribution in [0.1, 0.15) is 16.7 Å². The molecule has 0 spiro atoms. The fourth-order valence-electron chi connectivity index (χ4n) is 3.82. The number of rotatable bonds is 7. The molecule has 3 aromatic carbocycles. The molecule has 0 bridgehead atoms. The van der Waals surface area contributed by atoms with Crippen LogP contribution in [-0.2, 0) is 13.2 Å². The summed E-state index contributed by atoms with van der Waals surface area (Å²) in [5, 5.41) is 17.0. The Morgan fingerprint density at radius 2 is 1.90 bits per heavy atom. The number of hydrogen-bond acceptors (Lipinski definition) is 4. The lowest BCUT2D eigenvalue weighted by Crippen LogP contribution is -2.38. The van der Waals surface area contributed by atoms with Gasteiger partial charge in [-0.2, -0.15) is 0 Å². The third-order valence-electron chi connectivity index (χ3n) is 5.66. The Bertz CT molecular complexity index is 994. The summed E-state index contributed by atoms with van der Waals surface area (Å²) >= 11 is 6.47. The van der Waals surface area contributed by atoms with Gasteiger partial charge in [-0.25, -0.2) is 0 Å². The molecule has 1 aliphatic heterocycles. The van der Waals surface area contributed by atoms with Crippen LogP contribution in [0.4, 0.5) is 0 Å². The molecule has 3 aromatic rings. The number of halogens is 1. The van der Waals surface area contributed by atoms with Crippen molar-refractivity contribution in [3.63, 3.8) is 0 Å². The second-order valence-corrected chi connectivity index (χ2v) is 8.13. The molecule has 4 nitrogen and oxygen atoms in total. The van der Waals surface area contributed by atoms with Gasteiger partial charge in [-0.3, -0.25) is 0 Å². The molecule has 0 saturated carbocycles. The van der Waals surface area contributed by atoms with E-state index in [-0.39, 0.29) is 12.1 Å². The number of aliphatic hydroxyl groups excluding tert-OH is 1. The summed E-state index contributed by atoms with van der Waals surface area (Å²) in [4.78, 5) is 0. The molecule has 3 N–H and O–H groups in total. The van der Waals surface area contributed by atoms with Crippen LogP contribution in [0.5, 0.6) is 5.75 Å². The first-order chi connectivity index (χ1) is 14.6. The van der Waals surface area contributed by atoms with Gasteiger partial charge in [-0.15, -0.1) is 0 Å². The summed E-state index contributed by atoms with van der Waals surface area (Å²) in [6, 6.07) is 22.6. The Balaban J connectivity index is 1.40. The van der Waals surface area contributed by atoms with Crippen LogP contribution in [0.25, 0.3) is 11.1 Å². The Hall–Kier alpha value is -2.37. The number of β-amino-alcohol motifs (C(OH)–C–C–N with tert-alkyl or cyclic N) is 1. The lowest BCUT2D eigenvalue weighted by atomic mass is 9.97. The third kappa shape index (κ3) is 4.85. The summed E-state index contributed by atoms with van der Waals surface area (Å²) in [5.41, 5.74) is 5.83. The molecule has 0 aliphatic carbocycles. The van der Waals surface area contributed by atoms with Crippen molar-refractivity contribution in [3.05, 3.63) is 88.4 Å². The van der Waals surface area contributed by atoms with E-state index in [2.05, 4.69) is 60.0 Å². The summed E-state index contributed by atoms with van der Waals surface area (Å²) in [5.74, 6) is 0.674. The summed E-state index contributed by atoms with van der Waals surface area (Å²) < 4.78 is 6.04. The maximum atomic E-state index is 9.89. The van der Waals surface area contributed by atoms with Crippen molar-refractivity contribution in [2.75, 3.05) is 13.1 Å². The van der Waals surface area contributed by atoms with Crippen molar-refractivity contribution in [1.29, 1.82) is 0 Å². The first kappa shape index (κ1) is 20.9. The normalized spacial score (nSPS) is 18.5. The average molecular weight is 423 g/mol. The molecule has 0 radical (unpaired) electrons. The predicted molar refractivity (Wildman–Crippen MR) is 122 cm³/mol. The maximum Gasteiger partial charge on any atom is 0.138 e. The second kappa shape index (κ2) is 9.63. The molecule has 2 atom stereocenters. The van der Waals surface area contributed by atoms with Gasteiger partial charge in [0, 0.05) is 25.7 Å². The van der Waals surface area contributed by atoms with Gasteiger partial charge in [-0.1, -0.05) is 66.2 Å². The highest BCUT2D eigenvalue weighted by Crippen LogP contribution is 2.29. The van der Waals surface area contributed by atoms with Gasteiger partial charge < -0.3 is 20.5 Å². The molecule has 4 rings (SSSR count). The largest absolute Gasteiger partial charge is 0.487 e. The van der Waals surface area contributed by atoms with Gasteiger partial charge in [0.2, 0.25) is 0 Å². The Labute approximate surface area is 182 Å². The zero-order valence-corrected chi connectivity index (χ0v) is 17.8. The summed E-state index contributed by atoms with van der Waals surface area (Å²) in [7, 11) is 0. The van der Waals surface area contributed by atoms with E-state index in [0.717, 1.165) is 17.7 Å². The predicted octanol–water partition coefficient (Wildman–Crippen LogP) is 4.32. The molecule has 1 fully saturated rings. The highest BCUT2D eigenvalue weighted by Gasteiger charge is 2.23. The van der Waals surface area contributed by atoms with Crippen LogP contribution in [0.3, 0.4) is 0 Å². The topological polar surface area (TPSA) is 53.5 Å². The van der Waals surface area contributed by atoms with E-state index >= 15 is 0 Å². The van der Waals surface area contributed by atoms with Gasteiger partial charge in [-0.05, 0) is 46.9 Å². The first-order valence-electron chi connectivity index (χ1n) is 10.3. The van der Waals surface area contributed by atoms with Gasteiger partial charge in [0.05, 0.1) is 11.1 Å². The number of nitrogens with one attached hydrogen (secondary N) is 2. The third-order valence-corrected chi connectivity index (χ3v) is 5.96. The van der Waals surface area contributed by atoms with Crippen LogP contribution in [0.15, 0.2) is 66.7 Å². The number of benzene rings is 3. The van der Waals surface area contributed by atoms with Gasteiger partial charge in [0.15, 0.2) is 0 Å². The molecule has 0 unspecified atom stereocenters. The van der Waals surface area contributed by atoms with Crippen molar-refractivity contribution in [1.82, 2.24) is 10.6 Å². The second-order valence-electron chi connectivity index (χ2n) is 7.72. The Morgan fingerprint density at radius 1 is 1.07 bits per heavy atom. The number of aliphatic hydroxyl groups is 1. The minimum absolute atomic E-state index is 0.0690. The van der Waals surface area contributed by atoms with Crippen molar-refractivity contribution in [2.45, 2.75) is 32.2 Å². The van der Waals surface area contributed by atoms with Crippen molar-refractivity contribution < 1.29 is 9.84 Å². The van der Waals surface area contributed by atoms with Crippen LogP contribution in [-0.4, -0.2) is 30.3 Å². The van der Waals surface area contributed by atoms with E-state index in [1.807, 2.05) is 24.3 Å². The zero-order valence-electron chi connectivity index (χ0n) is 17.1. The van der Waals surface area contributed by atoms with Crippen molar-refractivity contribution in [2.24, 2.45) is 0 Å². The van der Waals surface area contributed by atoms with E-state index in [1.54, 1.807) is 0 Å². The molecule has 5 heteroatoms. The van der Waals surface area contributed by atoms with Crippen LogP contribution < -0.4 is 15.4 Å². The molecule has 30 heavy (non-hydrogen) atoms. The van der Waals surface area contributed by atoms with Gasteiger partial charge in [0.1, 0.15) is 12.4 Å².